The average molecular weight is 431 g/mol. The Hall–Kier alpha value is 0.372. The molecule has 0 bridgehead atoms. The molecular weight excluding hydrogens is 379 g/mol. The van der Waals surface area contributed by atoms with Gasteiger partial charge < -0.3 is 17.1 Å². The van der Waals surface area contributed by atoms with Crippen LogP contribution in [0, 0.1) is 0 Å². The van der Waals surface area contributed by atoms with Crippen molar-refractivity contribution in [2.45, 2.75) is 117 Å². The Morgan fingerprint density at radius 3 is 1.10 bits per heavy atom. The summed E-state index contributed by atoms with van der Waals surface area (Å²) in [5.41, 5.74) is 0. The van der Waals surface area contributed by atoms with Gasteiger partial charge in [0, 0.05) is 26.4 Å². The van der Waals surface area contributed by atoms with Gasteiger partial charge in [0.15, 0.2) is 0 Å². The highest BCUT2D eigenvalue weighted by atomic mass is 27.2. The Morgan fingerprint density at radius 2 is 0.724 bits per heavy atom. The van der Waals surface area contributed by atoms with Crippen molar-refractivity contribution in [2.24, 2.45) is 0 Å². The Morgan fingerprint density at radius 1 is 0.379 bits per heavy atom. The monoisotopic (exact) mass is 430 g/mol. The van der Waals surface area contributed by atoms with Crippen molar-refractivity contribution in [3.8, 4) is 0 Å². The fourth-order valence-corrected chi connectivity index (χ4v) is 3.88. The first-order valence-corrected chi connectivity index (χ1v) is 13.9. The zero-order valence-electron chi connectivity index (χ0n) is 19.9. The van der Waals surface area contributed by atoms with Crippen molar-refractivity contribution in [3.05, 3.63) is 0 Å². The maximum Gasteiger partial charge on any atom is 0.649 e. The van der Waals surface area contributed by atoms with Crippen LogP contribution in [0.1, 0.15) is 117 Å². The molecule has 5 heteroatoms. The lowest BCUT2D eigenvalue weighted by Gasteiger charge is -2.07. The zero-order chi connectivity index (χ0) is 21.1. The second-order valence-corrected chi connectivity index (χ2v) is 9.16. The Kier molecular flexibility index (Phi) is 28.7. The molecule has 0 fully saturated rings. The van der Waals surface area contributed by atoms with Gasteiger partial charge in [-0.2, -0.15) is 0 Å². The molecule has 0 aliphatic heterocycles. The molecule has 0 spiro atoms. The van der Waals surface area contributed by atoms with Crippen LogP contribution in [0.2, 0.25) is 0 Å². The van der Waals surface area contributed by atoms with Crippen LogP contribution in [0.25, 0.3) is 0 Å². The molecule has 0 saturated carbocycles. The maximum absolute atomic E-state index is 5.61. The molecule has 29 heavy (non-hydrogen) atoms. The standard InChI is InChI=1S/2C12H25O2.Al.H/c2*1-2-3-4-5-6-7-8-9-11-14-12-10-13;;/h2*2-12H2,1H3;;/q2*-1;+2;. The van der Waals surface area contributed by atoms with Crippen molar-refractivity contribution in [1.29, 1.82) is 0 Å². The number of unbranched alkanes of at least 4 members (excludes halogenated alkanes) is 14. The molecule has 0 unspecified atom stereocenters. The molecule has 0 aromatic carbocycles. The smallest absolute Gasteiger partial charge is 0.479 e. The molecule has 174 valence electrons. The predicted octanol–water partition coefficient (Wildman–Crippen LogP) is 6.60. The van der Waals surface area contributed by atoms with E-state index in [2.05, 4.69) is 13.8 Å². The summed E-state index contributed by atoms with van der Waals surface area (Å²) in [6.07, 6.45) is 21.5. The predicted molar refractivity (Wildman–Crippen MR) is 126 cm³/mol. The molecule has 0 aromatic heterocycles. The first kappa shape index (κ1) is 29.4. The Bertz CT molecular complexity index is 254. The van der Waals surface area contributed by atoms with Crippen LogP contribution in [-0.2, 0) is 17.1 Å². The normalized spacial score (nSPS) is 11.2. The lowest BCUT2D eigenvalue weighted by atomic mass is 10.1. The minimum Gasteiger partial charge on any atom is -0.479 e. The number of ether oxygens (including phenoxy) is 2. The van der Waals surface area contributed by atoms with Gasteiger partial charge >= 0.3 is 15.9 Å². The highest BCUT2D eigenvalue weighted by Crippen LogP contribution is 2.09. The van der Waals surface area contributed by atoms with E-state index >= 15 is 0 Å². The number of rotatable bonds is 26. The second-order valence-electron chi connectivity index (χ2n) is 8.11. The van der Waals surface area contributed by atoms with E-state index in [1.165, 1.54) is 103 Å². The van der Waals surface area contributed by atoms with E-state index < -0.39 is 15.9 Å². The highest BCUT2D eigenvalue weighted by molar-refractivity contribution is 6.17. The third-order valence-electron chi connectivity index (χ3n) is 5.20. The van der Waals surface area contributed by atoms with Gasteiger partial charge in [0.1, 0.15) is 0 Å². The van der Waals surface area contributed by atoms with Crippen LogP contribution in [0.3, 0.4) is 0 Å². The quantitative estimate of drug-likeness (QED) is 0.114. The fraction of sp³-hybridized carbons (Fsp3) is 1.00. The molecule has 0 aliphatic carbocycles. The summed E-state index contributed by atoms with van der Waals surface area (Å²) in [7, 11) is 0. The topological polar surface area (TPSA) is 36.9 Å². The second kappa shape index (κ2) is 28.4. The van der Waals surface area contributed by atoms with Crippen LogP contribution in [0.15, 0.2) is 0 Å². The van der Waals surface area contributed by atoms with Gasteiger partial charge in [0.05, 0.1) is 13.2 Å². The van der Waals surface area contributed by atoms with Crippen molar-refractivity contribution < 1.29 is 17.1 Å². The first-order chi connectivity index (χ1) is 14.4. The minimum atomic E-state index is -0.865. The van der Waals surface area contributed by atoms with Crippen molar-refractivity contribution in [1.82, 2.24) is 0 Å². The fourth-order valence-electron chi connectivity index (χ4n) is 3.29. The molecular formula is C24H51AlO4. The highest BCUT2D eigenvalue weighted by Gasteiger charge is 1.98. The number of hydrogen-bond donors (Lipinski definition) is 0. The van der Waals surface area contributed by atoms with E-state index in [0.29, 0.717) is 26.4 Å². The summed E-state index contributed by atoms with van der Waals surface area (Å²) in [6.45, 7) is 9.00. The van der Waals surface area contributed by atoms with Crippen molar-refractivity contribution in [2.75, 3.05) is 39.6 Å². The average Bonchev–Trinajstić information content (AvgIpc) is 2.74. The maximum atomic E-state index is 5.61. The molecule has 0 atom stereocenters. The summed E-state index contributed by atoms with van der Waals surface area (Å²) in [5, 5.41) is 0. The SMILES string of the molecule is CCCCCCCCCCOCC[O][AlH][O]CCOCCCCCCCCCC. The molecule has 0 aromatic rings. The first-order valence-electron chi connectivity index (χ1n) is 12.7. The molecule has 0 heterocycles. The lowest BCUT2D eigenvalue weighted by Crippen LogP contribution is -2.13. The summed E-state index contributed by atoms with van der Waals surface area (Å²) in [6, 6.07) is 0. The van der Waals surface area contributed by atoms with Crippen molar-refractivity contribution in [3.63, 3.8) is 0 Å². The van der Waals surface area contributed by atoms with Gasteiger partial charge in [-0.15, -0.1) is 0 Å². The van der Waals surface area contributed by atoms with Crippen LogP contribution >= 0.6 is 0 Å². The third-order valence-corrected chi connectivity index (χ3v) is 6.11. The molecule has 0 radical (unpaired) electrons. The number of hydrogen-bond acceptors (Lipinski definition) is 4. The summed E-state index contributed by atoms with van der Waals surface area (Å²) >= 11 is -0.865. The lowest BCUT2D eigenvalue weighted by molar-refractivity contribution is 0.0732. The van der Waals surface area contributed by atoms with Gasteiger partial charge in [-0.05, 0) is 12.8 Å². The third kappa shape index (κ3) is 28.4. The molecule has 0 aliphatic rings. The Labute approximate surface area is 189 Å². The van der Waals surface area contributed by atoms with Crippen LogP contribution < -0.4 is 0 Å². The van der Waals surface area contributed by atoms with Crippen LogP contribution in [0.5, 0.6) is 0 Å². The van der Waals surface area contributed by atoms with E-state index in [-0.39, 0.29) is 0 Å². The van der Waals surface area contributed by atoms with E-state index in [4.69, 9.17) is 17.1 Å². The van der Waals surface area contributed by atoms with E-state index in [0.717, 1.165) is 13.2 Å². The molecule has 0 rings (SSSR count). The molecule has 0 amide bonds. The van der Waals surface area contributed by atoms with Gasteiger partial charge in [0.2, 0.25) is 0 Å². The van der Waals surface area contributed by atoms with E-state index in [9.17, 15) is 0 Å². The Balaban J connectivity index is 2.97. The van der Waals surface area contributed by atoms with Gasteiger partial charge in [-0.1, -0.05) is 104 Å². The zero-order valence-corrected chi connectivity index (χ0v) is 21.3. The van der Waals surface area contributed by atoms with Gasteiger partial charge in [-0.25, -0.2) is 0 Å². The van der Waals surface area contributed by atoms with Gasteiger partial charge in [0.25, 0.3) is 0 Å². The summed E-state index contributed by atoms with van der Waals surface area (Å²) < 4.78 is 22.3. The van der Waals surface area contributed by atoms with Crippen molar-refractivity contribution >= 4 is 15.9 Å². The molecule has 4 nitrogen and oxygen atoms in total. The minimum absolute atomic E-state index is 0.669. The summed E-state index contributed by atoms with van der Waals surface area (Å²) in [5.74, 6) is 0. The van der Waals surface area contributed by atoms with E-state index in [1.54, 1.807) is 0 Å². The van der Waals surface area contributed by atoms with Crippen LogP contribution in [-0.4, -0.2) is 55.5 Å². The van der Waals surface area contributed by atoms with E-state index in [1.807, 2.05) is 0 Å². The van der Waals surface area contributed by atoms with Gasteiger partial charge in [-0.3, -0.25) is 0 Å². The van der Waals surface area contributed by atoms with Crippen LogP contribution in [0.4, 0.5) is 0 Å². The molecule has 0 saturated heterocycles. The summed E-state index contributed by atoms with van der Waals surface area (Å²) in [4.78, 5) is 0. The largest absolute Gasteiger partial charge is 0.649 e. The molecule has 0 N–H and O–H groups in total.